The molecule has 1 aliphatic rings. The second-order valence-electron chi connectivity index (χ2n) is 2.99. The van der Waals surface area contributed by atoms with Crippen molar-refractivity contribution < 1.29 is 4.79 Å². The first kappa shape index (κ1) is 8.95. The Labute approximate surface area is 69.5 Å². The summed E-state index contributed by atoms with van der Waals surface area (Å²) in [5, 5.41) is 5.70. The minimum atomic E-state index is -0.208. The second-order valence-corrected chi connectivity index (χ2v) is 4.09. The topological polar surface area (TPSA) is 41.1 Å². The van der Waals surface area contributed by atoms with Gasteiger partial charge in [0.2, 0.25) is 5.91 Å². The monoisotopic (exact) mass is 174 g/mol. The number of hydrogen-bond donors (Lipinski definition) is 2. The van der Waals surface area contributed by atoms with Crippen LogP contribution in [0.25, 0.3) is 0 Å². The van der Waals surface area contributed by atoms with Gasteiger partial charge < -0.3 is 10.6 Å². The molecule has 64 valence electrons. The van der Waals surface area contributed by atoms with Crippen LogP contribution in [0.1, 0.15) is 12.8 Å². The summed E-state index contributed by atoms with van der Waals surface area (Å²) < 4.78 is 0. The van der Waals surface area contributed by atoms with E-state index < -0.39 is 0 Å². The van der Waals surface area contributed by atoms with E-state index in [-0.39, 0.29) is 11.1 Å². The number of amides is 1. The van der Waals surface area contributed by atoms with Gasteiger partial charge in [0.1, 0.15) is 0 Å². The number of rotatable bonds is 1. The lowest BCUT2D eigenvalue weighted by atomic mass is 9.96. The van der Waals surface area contributed by atoms with Crippen LogP contribution in [-0.4, -0.2) is 31.2 Å². The summed E-state index contributed by atoms with van der Waals surface area (Å²) in [5.41, 5.74) is 0. The molecule has 3 nitrogen and oxygen atoms in total. The summed E-state index contributed by atoms with van der Waals surface area (Å²) in [6.45, 7) is 1.88. The standard InChI is InChI=1S/C7H15N2OP/c1-8-6(10)7(11)2-4-9-5-3-7/h9H,2-5,11H2,1H3,(H,8,10). The Balaban J connectivity index is 2.56. The smallest absolute Gasteiger partial charge is 0.229 e. The van der Waals surface area contributed by atoms with Gasteiger partial charge in [-0.2, -0.15) is 0 Å². The van der Waals surface area contributed by atoms with Crippen LogP contribution in [0.4, 0.5) is 0 Å². The first-order chi connectivity index (χ1) is 5.19. The van der Waals surface area contributed by atoms with E-state index in [2.05, 4.69) is 19.9 Å². The van der Waals surface area contributed by atoms with E-state index in [1.807, 2.05) is 0 Å². The molecule has 0 aliphatic carbocycles. The van der Waals surface area contributed by atoms with Gasteiger partial charge in [-0.15, -0.1) is 9.24 Å². The molecule has 4 heteroatoms. The molecule has 1 atom stereocenters. The third-order valence-corrected chi connectivity index (χ3v) is 3.01. The van der Waals surface area contributed by atoms with Crippen LogP contribution >= 0.6 is 9.24 Å². The highest BCUT2D eigenvalue weighted by Gasteiger charge is 2.33. The quantitative estimate of drug-likeness (QED) is 0.537. The Morgan fingerprint density at radius 1 is 1.55 bits per heavy atom. The van der Waals surface area contributed by atoms with Crippen LogP contribution in [0.15, 0.2) is 0 Å². The molecule has 0 aromatic carbocycles. The van der Waals surface area contributed by atoms with Gasteiger partial charge in [-0.25, -0.2) is 0 Å². The Bertz CT molecular complexity index is 155. The molecule has 0 saturated carbocycles. The van der Waals surface area contributed by atoms with E-state index in [1.54, 1.807) is 7.05 Å². The van der Waals surface area contributed by atoms with Crippen LogP contribution < -0.4 is 10.6 Å². The van der Waals surface area contributed by atoms with Crippen molar-refractivity contribution in [2.45, 2.75) is 18.0 Å². The number of carbonyl (C=O) groups excluding carboxylic acids is 1. The Kier molecular flexibility index (Phi) is 2.85. The summed E-state index contributed by atoms with van der Waals surface area (Å²) in [4.78, 5) is 11.3. The molecule has 2 N–H and O–H groups in total. The molecule has 1 heterocycles. The fraction of sp³-hybridized carbons (Fsp3) is 0.857. The molecule has 0 aromatic heterocycles. The SMILES string of the molecule is CNC(=O)C1(P)CCNCC1. The first-order valence-corrected chi connectivity index (χ1v) is 4.48. The third kappa shape index (κ3) is 1.91. The molecule has 1 rings (SSSR count). The van der Waals surface area contributed by atoms with E-state index in [9.17, 15) is 4.79 Å². The molecule has 1 aliphatic heterocycles. The van der Waals surface area contributed by atoms with Gasteiger partial charge in [0.15, 0.2) is 0 Å². The number of carbonyl (C=O) groups is 1. The van der Waals surface area contributed by atoms with E-state index in [1.165, 1.54) is 0 Å². The summed E-state index contributed by atoms with van der Waals surface area (Å²) in [5.74, 6) is 0.143. The van der Waals surface area contributed by atoms with Gasteiger partial charge in [-0.1, -0.05) is 0 Å². The average Bonchev–Trinajstić information content (AvgIpc) is 2.04. The summed E-state index contributed by atoms with van der Waals surface area (Å²) in [7, 11) is 4.36. The second kappa shape index (κ2) is 3.51. The summed E-state index contributed by atoms with van der Waals surface area (Å²) in [6, 6.07) is 0. The van der Waals surface area contributed by atoms with Crippen LogP contribution in [-0.2, 0) is 4.79 Å². The van der Waals surface area contributed by atoms with Crippen molar-refractivity contribution in [3.8, 4) is 0 Å². The van der Waals surface area contributed by atoms with Crippen molar-refractivity contribution in [1.82, 2.24) is 10.6 Å². The lowest BCUT2D eigenvalue weighted by Crippen LogP contribution is -2.47. The zero-order valence-corrected chi connectivity index (χ0v) is 7.97. The Hall–Kier alpha value is -0.140. The fourth-order valence-corrected chi connectivity index (χ4v) is 1.78. The molecule has 0 radical (unpaired) electrons. The maximum Gasteiger partial charge on any atom is 0.229 e. The third-order valence-electron chi connectivity index (χ3n) is 2.18. The maximum atomic E-state index is 11.3. The Morgan fingerprint density at radius 2 is 2.09 bits per heavy atom. The van der Waals surface area contributed by atoms with Gasteiger partial charge in [0.25, 0.3) is 0 Å². The van der Waals surface area contributed by atoms with Crippen molar-refractivity contribution >= 4 is 15.1 Å². The van der Waals surface area contributed by atoms with Gasteiger partial charge >= 0.3 is 0 Å². The largest absolute Gasteiger partial charge is 0.358 e. The number of piperidine rings is 1. The average molecular weight is 174 g/mol. The Morgan fingerprint density at radius 3 is 2.55 bits per heavy atom. The number of hydrogen-bond acceptors (Lipinski definition) is 2. The highest BCUT2D eigenvalue weighted by molar-refractivity contribution is 7.21. The molecule has 1 amide bonds. The predicted octanol–water partition coefficient (Wildman–Crippen LogP) is -0.270. The molecule has 0 spiro atoms. The van der Waals surface area contributed by atoms with E-state index in [4.69, 9.17) is 0 Å². The van der Waals surface area contributed by atoms with Gasteiger partial charge in [-0.3, -0.25) is 4.79 Å². The summed E-state index contributed by atoms with van der Waals surface area (Å²) >= 11 is 0. The van der Waals surface area contributed by atoms with E-state index in [0.717, 1.165) is 25.9 Å². The van der Waals surface area contributed by atoms with Crippen molar-refractivity contribution in [3.05, 3.63) is 0 Å². The minimum absolute atomic E-state index is 0.143. The summed E-state index contributed by atoms with van der Waals surface area (Å²) in [6.07, 6.45) is 1.83. The molecular formula is C7H15N2OP. The molecule has 1 fully saturated rings. The fourth-order valence-electron chi connectivity index (χ4n) is 1.35. The van der Waals surface area contributed by atoms with Gasteiger partial charge in [0.05, 0.1) is 5.16 Å². The minimum Gasteiger partial charge on any atom is -0.358 e. The zero-order valence-electron chi connectivity index (χ0n) is 6.81. The molecule has 0 aromatic rings. The van der Waals surface area contributed by atoms with Crippen LogP contribution in [0.5, 0.6) is 0 Å². The van der Waals surface area contributed by atoms with Crippen molar-refractivity contribution in [1.29, 1.82) is 0 Å². The van der Waals surface area contributed by atoms with Crippen LogP contribution in [0, 0.1) is 0 Å². The normalized spacial score (nSPS) is 22.7. The maximum absolute atomic E-state index is 11.3. The van der Waals surface area contributed by atoms with Gasteiger partial charge in [-0.05, 0) is 25.9 Å². The lowest BCUT2D eigenvalue weighted by Gasteiger charge is -2.31. The highest BCUT2D eigenvalue weighted by Crippen LogP contribution is 2.28. The number of nitrogens with one attached hydrogen (secondary N) is 2. The highest BCUT2D eigenvalue weighted by atomic mass is 31.0. The van der Waals surface area contributed by atoms with E-state index >= 15 is 0 Å². The molecule has 11 heavy (non-hydrogen) atoms. The molecular weight excluding hydrogens is 159 g/mol. The lowest BCUT2D eigenvalue weighted by molar-refractivity contribution is -0.123. The van der Waals surface area contributed by atoms with Crippen molar-refractivity contribution in [2.24, 2.45) is 0 Å². The van der Waals surface area contributed by atoms with Gasteiger partial charge in [0, 0.05) is 7.05 Å². The van der Waals surface area contributed by atoms with Crippen molar-refractivity contribution in [2.75, 3.05) is 20.1 Å². The van der Waals surface area contributed by atoms with Crippen LogP contribution in [0.3, 0.4) is 0 Å². The zero-order chi connectivity index (χ0) is 8.32. The van der Waals surface area contributed by atoms with Crippen LogP contribution in [0.2, 0.25) is 0 Å². The molecule has 0 bridgehead atoms. The molecule has 1 unspecified atom stereocenters. The van der Waals surface area contributed by atoms with Crippen molar-refractivity contribution in [3.63, 3.8) is 0 Å². The predicted molar refractivity (Wildman–Crippen MR) is 48.6 cm³/mol. The first-order valence-electron chi connectivity index (χ1n) is 3.91. The van der Waals surface area contributed by atoms with E-state index in [0.29, 0.717) is 0 Å². The molecule has 1 saturated heterocycles.